The molecule has 18 heavy (non-hydrogen) atoms. The second kappa shape index (κ2) is 5.29. The van der Waals surface area contributed by atoms with Crippen LogP contribution in [-0.2, 0) is 11.8 Å². The molecule has 1 amide bonds. The van der Waals surface area contributed by atoms with Crippen LogP contribution in [0.15, 0.2) is 0 Å². The summed E-state index contributed by atoms with van der Waals surface area (Å²) in [5.41, 5.74) is 7.40. The van der Waals surface area contributed by atoms with Gasteiger partial charge < -0.3 is 16.4 Å². The standard InChI is InChI=1S/C12H21N5O/c1-8-11(13)12(17(2)16-8)14-7-3-4-10(18)15-9-5-6-9/h9,14H,3-7,13H2,1-2H3,(H,15,18). The maximum atomic E-state index is 11.5. The summed E-state index contributed by atoms with van der Waals surface area (Å²) in [5, 5.41) is 10.4. The van der Waals surface area contributed by atoms with Crippen molar-refractivity contribution >= 4 is 17.4 Å². The summed E-state index contributed by atoms with van der Waals surface area (Å²) in [5.74, 6) is 0.976. The predicted octanol–water partition coefficient (Wildman–Crippen LogP) is 0.781. The van der Waals surface area contributed by atoms with Crippen LogP contribution in [0.25, 0.3) is 0 Å². The van der Waals surface area contributed by atoms with Crippen LogP contribution in [0.1, 0.15) is 31.4 Å². The zero-order chi connectivity index (χ0) is 13.1. The van der Waals surface area contributed by atoms with Crippen LogP contribution in [0.2, 0.25) is 0 Å². The molecule has 100 valence electrons. The topological polar surface area (TPSA) is 85.0 Å². The Hall–Kier alpha value is -1.72. The molecule has 0 aliphatic heterocycles. The van der Waals surface area contributed by atoms with Crippen LogP contribution in [0.5, 0.6) is 0 Å². The molecule has 1 aromatic heterocycles. The molecule has 0 aromatic carbocycles. The van der Waals surface area contributed by atoms with Gasteiger partial charge >= 0.3 is 0 Å². The number of aryl methyl sites for hydroxylation is 2. The maximum Gasteiger partial charge on any atom is 0.220 e. The maximum absolute atomic E-state index is 11.5. The van der Waals surface area contributed by atoms with E-state index in [1.165, 1.54) is 0 Å². The number of nitrogens with two attached hydrogens (primary N) is 1. The number of rotatable bonds is 6. The van der Waals surface area contributed by atoms with E-state index in [2.05, 4.69) is 15.7 Å². The largest absolute Gasteiger partial charge is 0.394 e. The molecule has 4 N–H and O–H groups in total. The number of carbonyl (C=O) groups excluding carboxylic acids is 1. The van der Waals surface area contributed by atoms with Gasteiger partial charge in [0.2, 0.25) is 5.91 Å². The second-order valence-corrected chi connectivity index (χ2v) is 4.84. The minimum Gasteiger partial charge on any atom is -0.394 e. The lowest BCUT2D eigenvalue weighted by Crippen LogP contribution is -2.25. The molecule has 1 aromatic rings. The van der Waals surface area contributed by atoms with E-state index in [0.29, 0.717) is 18.2 Å². The quantitative estimate of drug-likeness (QED) is 0.652. The van der Waals surface area contributed by atoms with Crippen molar-refractivity contribution in [1.29, 1.82) is 0 Å². The molecule has 1 aliphatic carbocycles. The van der Waals surface area contributed by atoms with E-state index in [4.69, 9.17) is 5.73 Å². The van der Waals surface area contributed by atoms with Crippen molar-refractivity contribution < 1.29 is 4.79 Å². The number of nitrogens with one attached hydrogen (secondary N) is 2. The molecule has 6 nitrogen and oxygen atoms in total. The summed E-state index contributed by atoms with van der Waals surface area (Å²) in [4.78, 5) is 11.5. The normalized spacial score (nSPS) is 14.6. The molecule has 1 fully saturated rings. The van der Waals surface area contributed by atoms with E-state index in [1.807, 2.05) is 14.0 Å². The SMILES string of the molecule is Cc1nn(C)c(NCCCC(=O)NC2CC2)c1N. The highest BCUT2D eigenvalue weighted by atomic mass is 16.1. The molecular formula is C12H21N5O. The van der Waals surface area contributed by atoms with Crippen LogP contribution >= 0.6 is 0 Å². The fourth-order valence-corrected chi connectivity index (χ4v) is 1.87. The fourth-order valence-electron chi connectivity index (χ4n) is 1.87. The average Bonchev–Trinajstić information content (AvgIpc) is 3.07. The summed E-state index contributed by atoms with van der Waals surface area (Å²) in [6, 6.07) is 0.445. The van der Waals surface area contributed by atoms with Crippen LogP contribution in [0.3, 0.4) is 0 Å². The van der Waals surface area contributed by atoms with E-state index in [-0.39, 0.29) is 5.91 Å². The molecule has 6 heteroatoms. The molecule has 0 bridgehead atoms. The van der Waals surface area contributed by atoms with Crippen LogP contribution in [-0.4, -0.2) is 28.3 Å². The van der Waals surface area contributed by atoms with Gasteiger partial charge in [-0.05, 0) is 26.2 Å². The first kappa shape index (κ1) is 12.7. The number of nitrogen functional groups attached to an aromatic ring is 1. The van der Waals surface area contributed by atoms with Crippen molar-refractivity contribution in [2.75, 3.05) is 17.6 Å². The summed E-state index contributed by atoms with van der Waals surface area (Å²) in [7, 11) is 1.85. The third-order valence-electron chi connectivity index (χ3n) is 3.08. The Kier molecular flexibility index (Phi) is 3.74. The van der Waals surface area contributed by atoms with Crippen LogP contribution in [0.4, 0.5) is 11.5 Å². The monoisotopic (exact) mass is 251 g/mol. The Labute approximate surface area is 107 Å². The van der Waals surface area contributed by atoms with Gasteiger partial charge in [-0.15, -0.1) is 0 Å². The Morgan fingerprint density at radius 1 is 1.56 bits per heavy atom. The van der Waals surface area contributed by atoms with Gasteiger partial charge in [0.15, 0.2) is 0 Å². The third kappa shape index (κ3) is 3.15. The van der Waals surface area contributed by atoms with Crippen LogP contribution in [0, 0.1) is 6.92 Å². The van der Waals surface area contributed by atoms with Crippen molar-refractivity contribution in [3.63, 3.8) is 0 Å². The minimum atomic E-state index is 0.147. The predicted molar refractivity (Wildman–Crippen MR) is 71.2 cm³/mol. The van der Waals surface area contributed by atoms with Crippen molar-refractivity contribution in [2.45, 2.75) is 38.6 Å². The van der Waals surface area contributed by atoms with Gasteiger partial charge in [0.05, 0.1) is 11.4 Å². The van der Waals surface area contributed by atoms with E-state index >= 15 is 0 Å². The summed E-state index contributed by atoms with van der Waals surface area (Å²) in [6.07, 6.45) is 3.62. The lowest BCUT2D eigenvalue weighted by Gasteiger charge is -2.07. The van der Waals surface area contributed by atoms with E-state index < -0.39 is 0 Å². The molecule has 1 heterocycles. The van der Waals surface area contributed by atoms with Gasteiger partial charge in [0.25, 0.3) is 0 Å². The molecule has 2 rings (SSSR count). The Morgan fingerprint density at radius 2 is 2.28 bits per heavy atom. The molecule has 0 spiro atoms. The van der Waals surface area contributed by atoms with Gasteiger partial charge in [-0.3, -0.25) is 9.48 Å². The van der Waals surface area contributed by atoms with E-state index in [1.54, 1.807) is 4.68 Å². The first-order valence-corrected chi connectivity index (χ1v) is 6.40. The molecule has 0 saturated heterocycles. The molecular weight excluding hydrogens is 230 g/mol. The smallest absolute Gasteiger partial charge is 0.220 e. The molecule has 0 unspecified atom stereocenters. The zero-order valence-corrected chi connectivity index (χ0v) is 11.0. The number of anilines is 2. The summed E-state index contributed by atoms with van der Waals surface area (Å²) < 4.78 is 1.73. The van der Waals surface area contributed by atoms with Gasteiger partial charge in [0.1, 0.15) is 5.82 Å². The number of carbonyl (C=O) groups is 1. The lowest BCUT2D eigenvalue weighted by molar-refractivity contribution is -0.121. The van der Waals surface area contributed by atoms with Gasteiger partial charge in [0, 0.05) is 26.1 Å². The summed E-state index contributed by atoms with van der Waals surface area (Å²) in [6.45, 7) is 2.60. The van der Waals surface area contributed by atoms with Gasteiger partial charge in [-0.25, -0.2) is 0 Å². The average molecular weight is 251 g/mol. The Bertz CT molecular complexity index is 436. The Balaban J connectivity index is 1.69. The fraction of sp³-hybridized carbons (Fsp3) is 0.667. The summed E-state index contributed by atoms with van der Waals surface area (Å²) >= 11 is 0. The minimum absolute atomic E-state index is 0.147. The molecule has 1 saturated carbocycles. The van der Waals surface area contributed by atoms with Crippen molar-refractivity contribution in [1.82, 2.24) is 15.1 Å². The van der Waals surface area contributed by atoms with E-state index in [0.717, 1.165) is 37.3 Å². The van der Waals surface area contributed by atoms with Gasteiger partial charge in [-0.1, -0.05) is 0 Å². The van der Waals surface area contributed by atoms with Crippen LogP contribution < -0.4 is 16.4 Å². The zero-order valence-electron chi connectivity index (χ0n) is 11.0. The number of amides is 1. The lowest BCUT2D eigenvalue weighted by atomic mass is 10.3. The number of nitrogens with zero attached hydrogens (tertiary/aromatic N) is 2. The highest BCUT2D eigenvalue weighted by Gasteiger charge is 2.22. The van der Waals surface area contributed by atoms with E-state index in [9.17, 15) is 4.79 Å². The highest BCUT2D eigenvalue weighted by molar-refractivity contribution is 5.76. The first-order chi connectivity index (χ1) is 8.58. The molecule has 1 aliphatic rings. The number of hydrogen-bond donors (Lipinski definition) is 3. The van der Waals surface area contributed by atoms with Crippen molar-refractivity contribution in [3.05, 3.63) is 5.69 Å². The third-order valence-corrected chi connectivity index (χ3v) is 3.08. The number of hydrogen-bond acceptors (Lipinski definition) is 4. The molecule has 0 radical (unpaired) electrons. The Morgan fingerprint density at radius 3 is 2.83 bits per heavy atom. The second-order valence-electron chi connectivity index (χ2n) is 4.84. The highest BCUT2D eigenvalue weighted by Crippen LogP contribution is 2.21. The first-order valence-electron chi connectivity index (χ1n) is 6.40. The van der Waals surface area contributed by atoms with Gasteiger partial charge in [-0.2, -0.15) is 5.10 Å². The number of aromatic nitrogens is 2. The van der Waals surface area contributed by atoms with Crippen molar-refractivity contribution in [3.8, 4) is 0 Å². The van der Waals surface area contributed by atoms with Crippen molar-refractivity contribution in [2.24, 2.45) is 7.05 Å². The molecule has 0 atom stereocenters.